The topological polar surface area (TPSA) is 35.5 Å². The molecule has 0 fully saturated rings. The number of carbonyl (C=O) groups excluding carboxylic acids is 1. The summed E-state index contributed by atoms with van der Waals surface area (Å²) in [4.78, 5) is 11.7. The maximum Gasteiger partial charge on any atom is 0.509 e. The van der Waals surface area contributed by atoms with Crippen molar-refractivity contribution in [2.24, 2.45) is 0 Å². The van der Waals surface area contributed by atoms with Crippen LogP contribution in [-0.4, -0.2) is 12.8 Å². The first-order valence-electron chi connectivity index (χ1n) is 7.73. The van der Waals surface area contributed by atoms with Gasteiger partial charge in [0.25, 0.3) is 0 Å². The smallest absolute Gasteiger partial charge is 0.435 e. The average molecular weight is 310 g/mol. The molecule has 0 aliphatic carbocycles. The number of ether oxygens (including phenoxy) is 2. The molecule has 0 amide bonds. The molecule has 0 aliphatic heterocycles. The maximum atomic E-state index is 11.7. The molecular formula is C20H22O3. The standard InChI is InChI=1S/C20H22O3/c1-4-22-20(21)23-19(18-12-7-16(3)8-13-18)14-11-17-9-5-15(2)6-10-17/h5-14,19H,4H2,1-3H3/b14-11+/t19-/m1/s1. The van der Waals surface area contributed by atoms with Crippen molar-refractivity contribution < 1.29 is 14.3 Å². The molecule has 0 unspecified atom stereocenters. The van der Waals surface area contributed by atoms with Crippen LogP contribution in [0.15, 0.2) is 54.6 Å². The molecule has 0 saturated heterocycles. The van der Waals surface area contributed by atoms with Gasteiger partial charge in [0.2, 0.25) is 0 Å². The van der Waals surface area contributed by atoms with Gasteiger partial charge in [-0.3, -0.25) is 0 Å². The molecule has 2 aromatic carbocycles. The molecule has 0 saturated carbocycles. The second kappa shape index (κ2) is 8.18. The van der Waals surface area contributed by atoms with Crippen LogP contribution in [0.1, 0.15) is 35.3 Å². The van der Waals surface area contributed by atoms with E-state index in [0.717, 1.165) is 16.7 Å². The minimum atomic E-state index is -0.661. The van der Waals surface area contributed by atoms with E-state index in [1.165, 1.54) is 5.56 Å². The first-order valence-corrected chi connectivity index (χ1v) is 7.73. The molecule has 0 spiro atoms. The average Bonchev–Trinajstić information content (AvgIpc) is 2.54. The van der Waals surface area contributed by atoms with Crippen molar-refractivity contribution in [1.29, 1.82) is 0 Å². The summed E-state index contributed by atoms with van der Waals surface area (Å²) >= 11 is 0. The normalized spacial score (nSPS) is 12.1. The van der Waals surface area contributed by atoms with Crippen LogP contribution in [0.3, 0.4) is 0 Å². The summed E-state index contributed by atoms with van der Waals surface area (Å²) in [6.07, 6.45) is 2.68. The lowest BCUT2D eigenvalue weighted by Crippen LogP contribution is -2.11. The van der Waals surface area contributed by atoms with Crippen LogP contribution in [0.4, 0.5) is 4.79 Å². The molecule has 0 N–H and O–H groups in total. The molecule has 1 atom stereocenters. The number of carbonyl (C=O) groups is 1. The zero-order chi connectivity index (χ0) is 16.7. The highest BCUT2D eigenvalue weighted by molar-refractivity contribution is 5.61. The predicted octanol–water partition coefficient (Wildman–Crippen LogP) is 5.23. The fourth-order valence-electron chi connectivity index (χ4n) is 2.11. The van der Waals surface area contributed by atoms with Gasteiger partial charge in [0.05, 0.1) is 6.61 Å². The van der Waals surface area contributed by atoms with Crippen LogP contribution in [0.5, 0.6) is 0 Å². The Balaban J connectivity index is 2.20. The lowest BCUT2D eigenvalue weighted by Gasteiger charge is -2.14. The van der Waals surface area contributed by atoms with Crippen molar-refractivity contribution in [1.82, 2.24) is 0 Å². The summed E-state index contributed by atoms with van der Waals surface area (Å²) in [6, 6.07) is 16.1. The van der Waals surface area contributed by atoms with E-state index in [0.29, 0.717) is 6.61 Å². The van der Waals surface area contributed by atoms with Crippen molar-refractivity contribution in [2.75, 3.05) is 6.61 Å². The van der Waals surface area contributed by atoms with Gasteiger partial charge in [0.1, 0.15) is 6.10 Å². The predicted molar refractivity (Wildman–Crippen MR) is 92.2 cm³/mol. The van der Waals surface area contributed by atoms with E-state index >= 15 is 0 Å². The summed E-state index contributed by atoms with van der Waals surface area (Å²) in [6.45, 7) is 6.12. The van der Waals surface area contributed by atoms with Gasteiger partial charge in [-0.25, -0.2) is 4.79 Å². The molecule has 3 nitrogen and oxygen atoms in total. The zero-order valence-electron chi connectivity index (χ0n) is 13.8. The van der Waals surface area contributed by atoms with Crippen LogP contribution >= 0.6 is 0 Å². The first kappa shape index (κ1) is 16.8. The quantitative estimate of drug-likeness (QED) is 0.709. The van der Waals surface area contributed by atoms with Crippen LogP contribution in [0.2, 0.25) is 0 Å². The molecule has 0 bridgehead atoms. The molecule has 2 aromatic rings. The zero-order valence-corrected chi connectivity index (χ0v) is 13.8. The van der Waals surface area contributed by atoms with Crippen LogP contribution in [-0.2, 0) is 9.47 Å². The molecule has 0 aromatic heterocycles. The van der Waals surface area contributed by atoms with Crippen LogP contribution in [0, 0.1) is 13.8 Å². The van der Waals surface area contributed by atoms with Crippen molar-refractivity contribution in [3.05, 3.63) is 76.9 Å². The Morgan fingerprint density at radius 1 is 1.00 bits per heavy atom. The maximum absolute atomic E-state index is 11.7. The van der Waals surface area contributed by atoms with Gasteiger partial charge in [-0.15, -0.1) is 0 Å². The van der Waals surface area contributed by atoms with E-state index in [9.17, 15) is 4.79 Å². The van der Waals surface area contributed by atoms with Crippen molar-refractivity contribution in [3.63, 3.8) is 0 Å². The van der Waals surface area contributed by atoms with Gasteiger partial charge in [0, 0.05) is 0 Å². The fourth-order valence-corrected chi connectivity index (χ4v) is 2.11. The number of hydrogen-bond donors (Lipinski definition) is 0. The highest BCUT2D eigenvalue weighted by Crippen LogP contribution is 2.22. The fraction of sp³-hybridized carbons (Fsp3) is 0.250. The van der Waals surface area contributed by atoms with Crippen LogP contribution in [0.25, 0.3) is 6.08 Å². The Hall–Kier alpha value is -2.55. The van der Waals surface area contributed by atoms with E-state index in [1.807, 2.05) is 74.5 Å². The summed E-state index contributed by atoms with van der Waals surface area (Å²) in [5.74, 6) is 0. The third kappa shape index (κ3) is 5.29. The monoisotopic (exact) mass is 310 g/mol. The lowest BCUT2D eigenvalue weighted by molar-refractivity contribution is 0.0403. The van der Waals surface area contributed by atoms with E-state index in [1.54, 1.807) is 6.92 Å². The minimum Gasteiger partial charge on any atom is -0.435 e. The second-order valence-electron chi connectivity index (χ2n) is 5.40. The van der Waals surface area contributed by atoms with Gasteiger partial charge in [0.15, 0.2) is 0 Å². The first-order chi connectivity index (χ1) is 11.1. The molecule has 0 heterocycles. The molecule has 3 heteroatoms. The van der Waals surface area contributed by atoms with Crippen molar-refractivity contribution in [2.45, 2.75) is 26.9 Å². The third-order valence-electron chi connectivity index (χ3n) is 3.43. The minimum absolute atomic E-state index is 0.293. The van der Waals surface area contributed by atoms with Crippen molar-refractivity contribution in [3.8, 4) is 0 Å². The van der Waals surface area contributed by atoms with E-state index in [2.05, 4.69) is 0 Å². The largest absolute Gasteiger partial charge is 0.509 e. The Labute approximate surface area is 137 Å². The summed E-state index contributed by atoms with van der Waals surface area (Å²) < 4.78 is 10.3. The van der Waals surface area contributed by atoms with E-state index < -0.39 is 12.3 Å². The summed E-state index contributed by atoms with van der Waals surface area (Å²) in [5, 5.41) is 0. The highest BCUT2D eigenvalue weighted by Gasteiger charge is 2.14. The Morgan fingerprint density at radius 2 is 1.57 bits per heavy atom. The van der Waals surface area contributed by atoms with Gasteiger partial charge in [-0.2, -0.15) is 0 Å². The Morgan fingerprint density at radius 3 is 2.13 bits per heavy atom. The third-order valence-corrected chi connectivity index (χ3v) is 3.43. The molecule has 0 radical (unpaired) electrons. The van der Waals surface area contributed by atoms with Gasteiger partial charge in [-0.1, -0.05) is 65.7 Å². The number of aryl methyl sites for hydroxylation is 2. The SMILES string of the molecule is CCOC(=O)O[C@H](/C=C/c1ccc(C)cc1)c1ccc(C)cc1. The Bertz CT molecular complexity index is 654. The second-order valence-corrected chi connectivity index (χ2v) is 5.40. The molecule has 2 rings (SSSR count). The molecule has 23 heavy (non-hydrogen) atoms. The van der Waals surface area contributed by atoms with E-state index in [4.69, 9.17) is 9.47 Å². The molecule has 120 valence electrons. The van der Waals surface area contributed by atoms with Gasteiger partial charge >= 0.3 is 6.16 Å². The van der Waals surface area contributed by atoms with Gasteiger partial charge < -0.3 is 9.47 Å². The Kier molecular flexibility index (Phi) is 5.98. The molecular weight excluding hydrogens is 288 g/mol. The van der Waals surface area contributed by atoms with E-state index in [-0.39, 0.29) is 0 Å². The lowest BCUT2D eigenvalue weighted by atomic mass is 10.1. The summed E-state index contributed by atoms with van der Waals surface area (Å²) in [7, 11) is 0. The van der Waals surface area contributed by atoms with Crippen molar-refractivity contribution >= 4 is 12.2 Å². The summed E-state index contributed by atoms with van der Waals surface area (Å²) in [5.41, 5.74) is 4.33. The number of benzene rings is 2. The number of hydrogen-bond acceptors (Lipinski definition) is 3. The highest BCUT2D eigenvalue weighted by atomic mass is 16.7. The molecule has 0 aliphatic rings. The number of rotatable bonds is 5. The van der Waals surface area contributed by atoms with Crippen LogP contribution < -0.4 is 0 Å². The van der Waals surface area contributed by atoms with Gasteiger partial charge in [-0.05, 0) is 38.0 Å².